The van der Waals surface area contributed by atoms with Crippen LogP contribution in [0, 0.1) is 11.7 Å². The predicted molar refractivity (Wildman–Crippen MR) is 142 cm³/mol. The van der Waals surface area contributed by atoms with Crippen molar-refractivity contribution < 1.29 is 28.2 Å². The highest BCUT2D eigenvalue weighted by Gasteiger charge is 2.33. The number of nitrogens with zero attached hydrogens (tertiary/aromatic N) is 2. The number of benzene rings is 2. The predicted octanol–water partition coefficient (Wildman–Crippen LogP) is 6.19. The topological polar surface area (TPSA) is 70.1 Å². The molecule has 1 atom stereocenters. The zero-order chi connectivity index (χ0) is 27.2. The van der Waals surface area contributed by atoms with Crippen molar-refractivity contribution in [1.82, 2.24) is 9.80 Å². The SMILES string of the molecule is O=C(c1cc(C2CC2)c(OCC2CCN(Cc3c(Cl)cccc3Cl)CC2)cc1F)N1CCC(F)C1.O=CO. The molecule has 0 aromatic heterocycles. The first-order valence-corrected chi connectivity index (χ1v) is 13.7. The van der Waals surface area contributed by atoms with Gasteiger partial charge in [-0.25, -0.2) is 8.78 Å². The van der Waals surface area contributed by atoms with Crippen LogP contribution < -0.4 is 4.74 Å². The molecule has 1 unspecified atom stereocenters. The lowest BCUT2D eigenvalue weighted by Gasteiger charge is -2.32. The fraction of sp³-hybridized carbons (Fsp3) is 0.500. The van der Waals surface area contributed by atoms with Crippen LogP contribution in [-0.4, -0.2) is 66.2 Å². The minimum atomic E-state index is -1.03. The monoisotopic (exact) mass is 568 g/mol. The molecule has 3 fully saturated rings. The van der Waals surface area contributed by atoms with Crippen molar-refractivity contribution in [2.24, 2.45) is 5.92 Å². The maximum absolute atomic E-state index is 15.0. The lowest BCUT2D eigenvalue weighted by Crippen LogP contribution is -2.35. The van der Waals surface area contributed by atoms with Crippen LogP contribution in [0.2, 0.25) is 10.0 Å². The van der Waals surface area contributed by atoms with Crippen LogP contribution >= 0.6 is 23.2 Å². The maximum Gasteiger partial charge on any atom is 0.290 e. The Kier molecular flexibility index (Phi) is 9.85. The highest BCUT2D eigenvalue weighted by molar-refractivity contribution is 6.35. The summed E-state index contributed by atoms with van der Waals surface area (Å²) in [5, 5.41) is 8.27. The zero-order valence-corrected chi connectivity index (χ0v) is 22.6. The summed E-state index contributed by atoms with van der Waals surface area (Å²) in [7, 11) is 0. The molecule has 2 aromatic rings. The highest BCUT2D eigenvalue weighted by Crippen LogP contribution is 2.45. The number of hydrogen-bond acceptors (Lipinski definition) is 4. The largest absolute Gasteiger partial charge is 0.493 e. The van der Waals surface area contributed by atoms with Gasteiger partial charge in [0.1, 0.15) is 17.7 Å². The van der Waals surface area contributed by atoms with E-state index >= 15 is 0 Å². The molecule has 6 nitrogen and oxygen atoms in total. The van der Waals surface area contributed by atoms with Gasteiger partial charge in [-0.2, -0.15) is 0 Å². The van der Waals surface area contributed by atoms with Gasteiger partial charge in [-0.15, -0.1) is 0 Å². The quantitative estimate of drug-likeness (QED) is 0.403. The van der Waals surface area contributed by atoms with Crippen molar-refractivity contribution in [3.05, 3.63) is 62.9 Å². The summed E-state index contributed by atoms with van der Waals surface area (Å²) in [4.78, 5) is 24.9. The first kappa shape index (κ1) is 28.6. The van der Waals surface area contributed by atoms with E-state index in [0.717, 1.165) is 56.4 Å². The van der Waals surface area contributed by atoms with Crippen molar-refractivity contribution in [2.45, 2.75) is 50.7 Å². The van der Waals surface area contributed by atoms with Gasteiger partial charge in [0.15, 0.2) is 0 Å². The van der Waals surface area contributed by atoms with Gasteiger partial charge in [-0.3, -0.25) is 14.5 Å². The molecule has 0 spiro atoms. The van der Waals surface area contributed by atoms with Crippen LogP contribution in [0.15, 0.2) is 30.3 Å². The van der Waals surface area contributed by atoms with Crippen LogP contribution in [0.5, 0.6) is 5.75 Å². The van der Waals surface area contributed by atoms with Gasteiger partial charge >= 0.3 is 0 Å². The molecule has 1 amide bonds. The van der Waals surface area contributed by atoms with Crippen molar-refractivity contribution in [1.29, 1.82) is 0 Å². The van der Waals surface area contributed by atoms with Crippen LogP contribution in [-0.2, 0) is 11.3 Å². The molecular formula is C28H32Cl2F2N2O4. The van der Waals surface area contributed by atoms with Crippen LogP contribution in [0.4, 0.5) is 8.78 Å². The van der Waals surface area contributed by atoms with Crippen molar-refractivity contribution in [3.63, 3.8) is 0 Å². The molecule has 2 aliphatic heterocycles. The van der Waals surface area contributed by atoms with Gasteiger partial charge in [-0.1, -0.05) is 29.3 Å². The number of hydrogen-bond donors (Lipinski definition) is 1. The van der Waals surface area contributed by atoms with Crippen molar-refractivity contribution >= 4 is 35.6 Å². The van der Waals surface area contributed by atoms with Crippen molar-refractivity contribution in [2.75, 3.05) is 32.8 Å². The Morgan fingerprint density at radius 1 is 1.08 bits per heavy atom. The molecular weight excluding hydrogens is 537 g/mol. The number of likely N-dealkylation sites (tertiary alicyclic amines) is 2. The Morgan fingerprint density at radius 3 is 2.32 bits per heavy atom. The number of carbonyl (C=O) groups excluding carboxylic acids is 1. The Balaban J connectivity index is 0.00000107. The third-order valence-corrected chi connectivity index (χ3v) is 8.10. The number of ether oxygens (including phenoxy) is 1. The number of halogens is 4. The first-order valence-electron chi connectivity index (χ1n) is 12.9. The molecule has 38 heavy (non-hydrogen) atoms. The lowest BCUT2D eigenvalue weighted by atomic mass is 9.97. The molecule has 1 aliphatic carbocycles. The molecule has 2 aromatic carbocycles. The number of alkyl halides is 1. The Morgan fingerprint density at radius 2 is 1.74 bits per heavy atom. The van der Waals surface area contributed by atoms with E-state index in [0.29, 0.717) is 47.2 Å². The molecule has 2 heterocycles. The fourth-order valence-corrected chi connectivity index (χ4v) is 5.59. The van der Waals surface area contributed by atoms with E-state index in [1.54, 1.807) is 6.07 Å². The zero-order valence-electron chi connectivity index (χ0n) is 21.1. The van der Waals surface area contributed by atoms with E-state index in [2.05, 4.69) is 4.90 Å². The number of carboxylic acid groups (broad SMARTS) is 1. The summed E-state index contributed by atoms with van der Waals surface area (Å²) < 4.78 is 34.7. The summed E-state index contributed by atoms with van der Waals surface area (Å²) in [6.45, 7) is 3.19. The standard InChI is InChI=1S/C27H30Cl2F2N2O2.CH2O2/c28-23-2-1-3-24(29)22(23)15-32-9-6-17(7-10-32)16-35-26-13-25(31)21(12-20(26)18-4-5-18)27(34)33-11-8-19(30)14-33;2-1-3/h1-3,12-13,17-19H,4-11,14-16H2;1H,(H,2,3). The first-order chi connectivity index (χ1) is 18.3. The minimum Gasteiger partial charge on any atom is -0.493 e. The number of piperidine rings is 1. The molecule has 0 bridgehead atoms. The summed E-state index contributed by atoms with van der Waals surface area (Å²) >= 11 is 12.6. The molecule has 10 heteroatoms. The van der Waals surface area contributed by atoms with Gasteiger partial charge in [0, 0.05) is 34.8 Å². The van der Waals surface area contributed by atoms with Crippen LogP contribution in [0.3, 0.4) is 0 Å². The van der Waals surface area contributed by atoms with E-state index in [1.165, 1.54) is 11.0 Å². The second-order valence-electron chi connectivity index (χ2n) is 10.1. The highest BCUT2D eigenvalue weighted by atomic mass is 35.5. The Bertz CT molecular complexity index is 1120. The smallest absolute Gasteiger partial charge is 0.290 e. The number of rotatable bonds is 7. The summed E-state index contributed by atoms with van der Waals surface area (Å²) in [6, 6.07) is 8.58. The third-order valence-electron chi connectivity index (χ3n) is 7.39. The molecule has 206 valence electrons. The van der Waals surface area contributed by atoms with E-state index in [-0.39, 0.29) is 18.6 Å². The third kappa shape index (κ3) is 7.16. The second-order valence-corrected chi connectivity index (χ2v) is 10.9. The summed E-state index contributed by atoms with van der Waals surface area (Å²) in [6.07, 6.45) is 3.25. The van der Waals surface area contributed by atoms with Gasteiger partial charge in [-0.05, 0) is 80.8 Å². The molecule has 3 aliphatic rings. The van der Waals surface area contributed by atoms with Gasteiger partial charge in [0.2, 0.25) is 0 Å². The van der Waals surface area contributed by atoms with Crippen LogP contribution in [0.1, 0.15) is 59.5 Å². The van der Waals surface area contributed by atoms with E-state index < -0.39 is 17.9 Å². The average molecular weight is 569 g/mol. The lowest BCUT2D eigenvalue weighted by molar-refractivity contribution is -0.122. The van der Waals surface area contributed by atoms with Gasteiger partial charge < -0.3 is 14.7 Å². The van der Waals surface area contributed by atoms with E-state index in [4.69, 9.17) is 37.8 Å². The summed E-state index contributed by atoms with van der Waals surface area (Å²) in [5.74, 6) is 0.184. The Labute approximate surface area is 231 Å². The molecule has 1 N–H and O–H groups in total. The average Bonchev–Trinajstić information content (AvgIpc) is 3.65. The normalized spacial score (nSPS) is 20.1. The number of carbonyl (C=O) groups is 2. The van der Waals surface area contributed by atoms with E-state index in [9.17, 15) is 13.6 Å². The second kappa shape index (κ2) is 13.1. The minimum absolute atomic E-state index is 0.0277. The number of amides is 1. The fourth-order valence-electron chi connectivity index (χ4n) is 5.07. The van der Waals surface area contributed by atoms with Gasteiger partial charge in [0.05, 0.1) is 18.7 Å². The van der Waals surface area contributed by atoms with E-state index in [1.807, 2.05) is 18.2 Å². The molecule has 1 saturated carbocycles. The molecule has 5 rings (SSSR count). The van der Waals surface area contributed by atoms with Gasteiger partial charge in [0.25, 0.3) is 12.4 Å². The maximum atomic E-state index is 15.0. The van der Waals surface area contributed by atoms with Crippen LogP contribution in [0.25, 0.3) is 0 Å². The Hall–Kier alpha value is -2.42. The molecule has 2 saturated heterocycles. The molecule has 0 radical (unpaired) electrons. The summed E-state index contributed by atoms with van der Waals surface area (Å²) in [5.41, 5.74) is 1.89. The van der Waals surface area contributed by atoms with Crippen molar-refractivity contribution in [3.8, 4) is 5.75 Å².